The van der Waals surface area contributed by atoms with Crippen molar-refractivity contribution in [2.45, 2.75) is 51.2 Å². The molecule has 2 aromatic rings. The number of benzene rings is 1. The van der Waals surface area contributed by atoms with Crippen molar-refractivity contribution in [3.63, 3.8) is 0 Å². The summed E-state index contributed by atoms with van der Waals surface area (Å²) < 4.78 is 12.3. The molecule has 160 valence electrons. The quantitative estimate of drug-likeness (QED) is 0.805. The third kappa shape index (κ3) is 3.96. The van der Waals surface area contributed by atoms with E-state index in [1.165, 1.54) is 13.5 Å². The maximum atomic E-state index is 13.0. The molecule has 4 rings (SSSR count). The molecule has 0 atom stereocenters. The summed E-state index contributed by atoms with van der Waals surface area (Å²) in [7, 11) is 3.09. The zero-order valence-corrected chi connectivity index (χ0v) is 17.4. The first-order chi connectivity index (χ1) is 14.6. The number of nitrogens with one attached hydrogen (secondary N) is 1. The van der Waals surface area contributed by atoms with Gasteiger partial charge in [0.2, 0.25) is 5.82 Å². The van der Waals surface area contributed by atoms with Gasteiger partial charge in [0, 0.05) is 24.7 Å². The summed E-state index contributed by atoms with van der Waals surface area (Å²) in [6, 6.07) is 5.31. The minimum atomic E-state index is -0.180. The Morgan fingerprint density at radius 1 is 1.03 bits per heavy atom. The van der Waals surface area contributed by atoms with E-state index < -0.39 is 0 Å². The van der Waals surface area contributed by atoms with Gasteiger partial charge in [0.15, 0.2) is 17.3 Å². The van der Waals surface area contributed by atoms with E-state index in [0.717, 1.165) is 25.7 Å². The topological polar surface area (TPSA) is 98.6 Å². The van der Waals surface area contributed by atoms with Gasteiger partial charge in [-0.3, -0.25) is 9.59 Å². The zero-order chi connectivity index (χ0) is 21.1. The number of aromatic nitrogens is 3. The molecule has 2 heterocycles. The third-order valence-corrected chi connectivity index (χ3v) is 5.81. The van der Waals surface area contributed by atoms with Crippen LogP contribution in [0.2, 0.25) is 0 Å². The van der Waals surface area contributed by atoms with Gasteiger partial charge in [0.1, 0.15) is 0 Å². The Morgan fingerprint density at radius 2 is 1.80 bits per heavy atom. The van der Waals surface area contributed by atoms with Crippen LogP contribution in [-0.2, 0) is 13.1 Å². The Balaban J connectivity index is 1.45. The number of methoxy groups -OCH3 is 2. The van der Waals surface area contributed by atoms with Crippen molar-refractivity contribution in [1.29, 1.82) is 0 Å². The summed E-state index contributed by atoms with van der Waals surface area (Å²) in [4.78, 5) is 27.3. The summed E-state index contributed by atoms with van der Waals surface area (Å²) in [6.45, 7) is 1.26. The Kier molecular flexibility index (Phi) is 5.87. The molecule has 9 heteroatoms. The van der Waals surface area contributed by atoms with E-state index in [1.807, 2.05) is 4.57 Å². The molecule has 0 bridgehead atoms. The van der Waals surface area contributed by atoms with Crippen molar-refractivity contribution in [1.82, 2.24) is 25.0 Å². The first-order valence-corrected chi connectivity index (χ1v) is 10.3. The lowest BCUT2D eigenvalue weighted by atomic mass is 9.95. The summed E-state index contributed by atoms with van der Waals surface area (Å²) in [5.74, 6) is 1.71. The number of carbonyl (C=O) groups excluding carboxylic acids is 2. The highest BCUT2D eigenvalue weighted by atomic mass is 16.5. The predicted molar refractivity (Wildman–Crippen MR) is 109 cm³/mol. The Morgan fingerprint density at radius 3 is 2.53 bits per heavy atom. The molecule has 1 aromatic carbocycles. The van der Waals surface area contributed by atoms with Crippen LogP contribution in [0, 0.1) is 0 Å². The number of amides is 2. The van der Waals surface area contributed by atoms with Gasteiger partial charge in [0.25, 0.3) is 11.8 Å². The van der Waals surface area contributed by atoms with Gasteiger partial charge in [-0.15, -0.1) is 10.2 Å². The molecule has 9 nitrogen and oxygen atoms in total. The minimum Gasteiger partial charge on any atom is -0.493 e. The molecule has 1 aliphatic heterocycles. The zero-order valence-electron chi connectivity index (χ0n) is 17.4. The number of hydrogen-bond donors (Lipinski definition) is 1. The summed E-state index contributed by atoms with van der Waals surface area (Å²) in [5, 5.41) is 11.4. The molecular formula is C21H27N5O4. The highest BCUT2D eigenvalue weighted by molar-refractivity contribution is 5.95. The minimum absolute atomic E-state index is 0.126. The second-order valence-electron chi connectivity index (χ2n) is 7.70. The van der Waals surface area contributed by atoms with E-state index in [-0.39, 0.29) is 17.9 Å². The van der Waals surface area contributed by atoms with Gasteiger partial charge >= 0.3 is 0 Å². The first kappa shape index (κ1) is 20.2. The van der Waals surface area contributed by atoms with E-state index in [0.29, 0.717) is 48.3 Å². The van der Waals surface area contributed by atoms with Crippen molar-refractivity contribution in [3.8, 4) is 11.5 Å². The van der Waals surface area contributed by atoms with Gasteiger partial charge in [-0.25, -0.2) is 0 Å². The van der Waals surface area contributed by atoms with Crippen LogP contribution in [0.5, 0.6) is 11.5 Å². The average Bonchev–Trinajstić information content (AvgIpc) is 3.22. The highest BCUT2D eigenvalue weighted by Gasteiger charge is 2.29. The van der Waals surface area contributed by atoms with Crippen molar-refractivity contribution >= 4 is 11.8 Å². The summed E-state index contributed by atoms with van der Waals surface area (Å²) in [5.41, 5.74) is 0.510. The molecule has 2 aliphatic rings. The molecule has 2 amide bonds. The molecule has 0 unspecified atom stereocenters. The Bertz CT molecular complexity index is 935. The molecule has 0 radical (unpaired) electrons. The maximum Gasteiger partial charge on any atom is 0.289 e. The molecule has 1 N–H and O–H groups in total. The fourth-order valence-corrected chi connectivity index (χ4v) is 4.15. The van der Waals surface area contributed by atoms with Crippen LogP contribution in [0.4, 0.5) is 0 Å². The molecule has 1 saturated carbocycles. The standard InChI is InChI=1S/C21H27N5O4/c1-29-16-9-8-14(12-17(16)30-2)21(28)25-10-11-26-18(13-25)23-24-19(26)20(27)22-15-6-4-3-5-7-15/h8-9,12,15H,3-7,10-11,13H2,1-2H3,(H,22,27). The van der Waals surface area contributed by atoms with E-state index in [2.05, 4.69) is 15.5 Å². The summed E-state index contributed by atoms with van der Waals surface area (Å²) >= 11 is 0. The van der Waals surface area contributed by atoms with E-state index >= 15 is 0 Å². The molecule has 0 spiro atoms. The largest absolute Gasteiger partial charge is 0.493 e. The van der Waals surface area contributed by atoms with Gasteiger partial charge in [-0.05, 0) is 31.0 Å². The molecule has 1 aromatic heterocycles. The van der Waals surface area contributed by atoms with Crippen LogP contribution in [0.25, 0.3) is 0 Å². The van der Waals surface area contributed by atoms with Crippen LogP contribution in [0.1, 0.15) is 58.9 Å². The number of nitrogens with zero attached hydrogens (tertiary/aromatic N) is 4. The lowest BCUT2D eigenvalue weighted by molar-refractivity contribution is 0.0705. The van der Waals surface area contributed by atoms with Gasteiger partial charge < -0.3 is 24.3 Å². The molecule has 0 saturated heterocycles. The van der Waals surface area contributed by atoms with E-state index in [9.17, 15) is 9.59 Å². The average molecular weight is 413 g/mol. The van der Waals surface area contributed by atoms with Crippen molar-refractivity contribution in [2.24, 2.45) is 0 Å². The van der Waals surface area contributed by atoms with E-state index in [4.69, 9.17) is 9.47 Å². The van der Waals surface area contributed by atoms with Gasteiger partial charge in [-0.1, -0.05) is 19.3 Å². The lowest BCUT2D eigenvalue weighted by Gasteiger charge is -2.28. The second-order valence-corrected chi connectivity index (χ2v) is 7.70. The second kappa shape index (κ2) is 8.73. The Hall–Kier alpha value is -3.10. The maximum absolute atomic E-state index is 13.0. The monoisotopic (exact) mass is 413 g/mol. The van der Waals surface area contributed by atoms with Crippen LogP contribution in [0.15, 0.2) is 18.2 Å². The van der Waals surface area contributed by atoms with Crippen LogP contribution in [0.3, 0.4) is 0 Å². The van der Waals surface area contributed by atoms with Crippen LogP contribution >= 0.6 is 0 Å². The van der Waals surface area contributed by atoms with Gasteiger partial charge in [0.05, 0.1) is 20.8 Å². The van der Waals surface area contributed by atoms with Crippen molar-refractivity contribution in [3.05, 3.63) is 35.4 Å². The van der Waals surface area contributed by atoms with Crippen molar-refractivity contribution < 1.29 is 19.1 Å². The fraction of sp³-hybridized carbons (Fsp3) is 0.524. The summed E-state index contributed by atoms with van der Waals surface area (Å²) in [6.07, 6.45) is 5.56. The Labute approximate surface area is 175 Å². The van der Waals surface area contributed by atoms with Crippen LogP contribution in [-0.4, -0.2) is 58.3 Å². The number of ether oxygens (including phenoxy) is 2. The third-order valence-electron chi connectivity index (χ3n) is 5.81. The molecular weight excluding hydrogens is 386 g/mol. The van der Waals surface area contributed by atoms with E-state index in [1.54, 1.807) is 30.2 Å². The smallest absolute Gasteiger partial charge is 0.289 e. The number of fused-ring (bicyclic) bond motifs is 1. The SMILES string of the molecule is COc1ccc(C(=O)N2CCn3c(nnc3C(=O)NC3CCCCC3)C2)cc1OC. The molecule has 1 aliphatic carbocycles. The number of hydrogen-bond acceptors (Lipinski definition) is 6. The fourth-order valence-electron chi connectivity index (χ4n) is 4.15. The van der Waals surface area contributed by atoms with Gasteiger partial charge in [-0.2, -0.15) is 0 Å². The molecule has 1 fully saturated rings. The first-order valence-electron chi connectivity index (χ1n) is 10.3. The number of rotatable bonds is 5. The predicted octanol–water partition coefficient (Wildman–Crippen LogP) is 2.01. The molecule has 30 heavy (non-hydrogen) atoms. The van der Waals surface area contributed by atoms with Crippen molar-refractivity contribution in [2.75, 3.05) is 20.8 Å². The van der Waals surface area contributed by atoms with Crippen LogP contribution < -0.4 is 14.8 Å². The normalized spacial score (nSPS) is 16.7. The number of carbonyl (C=O) groups is 2. The highest BCUT2D eigenvalue weighted by Crippen LogP contribution is 2.28. The lowest BCUT2D eigenvalue weighted by Crippen LogP contribution is -2.41.